The van der Waals surface area contributed by atoms with Gasteiger partial charge in [0.25, 0.3) is 0 Å². The van der Waals surface area contributed by atoms with Gasteiger partial charge in [-0.3, -0.25) is 0 Å². The molecule has 18 heteroatoms. The Labute approximate surface area is 236 Å². The summed E-state index contributed by atoms with van der Waals surface area (Å²) in [6.07, 6.45) is 2.23. The lowest BCUT2D eigenvalue weighted by atomic mass is 10.5. The zero-order valence-electron chi connectivity index (χ0n) is 24.9. The number of nitrogens with zero attached hydrogens (tertiary/aromatic N) is 3. The number of anilines is 3. The third-order valence-corrected chi connectivity index (χ3v) is 14.8. The minimum Gasteiger partial charge on any atom is -0.377 e. The summed E-state index contributed by atoms with van der Waals surface area (Å²) >= 11 is 0. The highest BCUT2D eigenvalue weighted by Gasteiger charge is 2.38. The molecule has 0 bridgehead atoms. The zero-order chi connectivity index (χ0) is 29.2. The molecular formula is C21H48N6O9Si3. The van der Waals surface area contributed by atoms with Crippen LogP contribution in [0.3, 0.4) is 0 Å². The van der Waals surface area contributed by atoms with Crippen molar-refractivity contribution in [2.24, 2.45) is 0 Å². The fourth-order valence-corrected chi connectivity index (χ4v) is 8.96. The summed E-state index contributed by atoms with van der Waals surface area (Å²) in [4.78, 5) is 13.6. The molecule has 1 heterocycles. The van der Waals surface area contributed by atoms with Crippen LogP contribution in [0.2, 0.25) is 18.1 Å². The summed E-state index contributed by atoms with van der Waals surface area (Å²) in [7, 11) is 6.49. The van der Waals surface area contributed by atoms with E-state index in [1.165, 1.54) is 0 Å². The van der Waals surface area contributed by atoms with Crippen LogP contribution in [0.15, 0.2) is 0 Å². The molecule has 0 atom stereocenters. The van der Waals surface area contributed by atoms with Crippen LogP contribution >= 0.6 is 0 Å². The molecule has 0 aliphatic heterocycles. The van der Waals surface area contributed by atoms with Crippen LogP contribution in [0.25, 0.3) is 0 Å². The molecule has 1 aromatic rings. The number of hydrogen-bond donors (Lipinski definition) is 3. The highest BCUT2D eigenvalue weighted by molar-refractivity contribution is 6.61. The van der Waals surface area contributed by atoms with Gasteiger partial charge in [-0.2, -0.15) is 15.0 Å². The van der Waals surface area contributed by atoms with Crippen molar-refractivity contribution >= 4 is 44.3 Å². The van der Waals surface area contributed by atoms with Crippen molar-refractivity contribution in [2.45, 2.75) is 37.4 Å². The van der Waals surface area contributed by atoms with E-state index in [0.29, 0.717) is 55.6 Å². The van der Waals surface area contributed by atoms with Crippen molar-refractivity contribution in [3.63, 3.8) is 0 Å². The van der Waals surface area contributed by atoms with Crippen LogP contribution in [0.1, 0.15) is 19.3 Å². The van der Waals surface area contributed by atoms with Crippen LogP contribution in [-0.4, -0.2) is 125 Å². The van der Waals surface area contributed by atoms with E-state index in [0.717, 1.165) is 19.3 Å². The Morgan fingerprint density at radius 2 is 0.615 bits per heavy atom. The number of aromatic nitrogens is 3. The minimum atomic E-state index is -2.64. The van der Waals surface area contributed by atoms with Gasteiger partial charge in [-0.1, -0.05) is 0 Å². The van der Waals surface area contributed by atoms with Gasteiger partial charge in [-0.05, 0) is 19.3 Å². The first-order valence-electron chi connectivity index (χ1n) is 12.7. The largest absolute Gasteiger partial charge is 0.500 e. The molecule has 0 spiro atoms. The van der Waals surface area contributed by atoms with Crippen molar-refractivity contribution in [1.29, 1.82) is 0 Å². The SMILES string of the molecule is CO[Si](CCCNc1nc(NCCC[Si](OC)(OC)OC)nc(NCCC[Si](OC)(OC)OC)n1)(OC)OC. The lowest BCUT2D eigenvalue weighted by molar-refractivity contribution is 0.122. The van der Waals surface area contributed by atoms with E-state index >= 15 is 0 Å². The zero-order valence-corrected chi connectivity index (χ0v) is 27.9. The quantitative estimate of drug-likeness (QED) is 0.115. The second kappa shape index (κ2) is 18.9. The summed E-state index contributed by atoms with van der Waals surface area (Å²) in [6.45, 7) is 1.79. The fraction of sp³-hybridized carbons (Fsp3) is 0.857. The molecular weight excluding hydrogens is 565 g/mol. The van der Waals surface area contributed by atoms with Crippen LogP contribution in [0.5, 0.6) is 0 Å². The van der Waals surface area contributed by atoms with E-state index in [9.17, 15) is 0 Å². The van der Waals surface area contributed by atoms with E-state index in [4.69, 9.17) is 39.8 Å². The lowest BCUT2D eigenvalue weighted by Crippen LogP contribution is -2.43. The van der Waals surface area contributed by atoms with Crippen LogP contribution in [0, 0.1) is 0 Å². The van der Waals surface area contributed by atoms with E-state index in [-0.39, 0.29) is 0 Å². The van der Waals surface area contributed by atoms with Crippen LogP contribution in [-0.2, 0) is 39.8 Å². The van der Waals surface area contributed by atoms with Gasteiger partial charge in [0.2, 0.25) is 17.8 Å². The Hall–Kier alpha value is -1.30. The smallest absolute Gasteiger partial charge is 0.377 e. The maximum absolute atomic E-state index is 5.49. The molecule has 0 saturated heterocycles. The Kier molecular flexibility index (Phi) is 17.3. The molecule has 0 unspecified atom stereocenters. The highest BCUT2D eigenvalue weighted by Crippen LogP contribution is 2.18. The molecule has 0 aliphatic rings. The third-order valence-electron chi connectivity index (χ3n) is 6.26. The van der Waals surface area contributed by atoms with E-state index in [1.54, 1.807) is 64.0 Å². The number of rotatable bonds is 24. The normalized spacial score (nSPS) is 12.5. The van der Waals surface area contributed by atoms with Crippen LogP contribution in [0.4, 0.5) is 17.8 Å². The molecule has 1 rings (SSSR count). The van der Waals surface area contributed by atoms with Gasteiger partial charge >= 0.3 is 26.4 Å². The standard InChI is InChI=1S/C21H48N6O9Si3/c1-28-37(29-2,30-3)16-10-13-22-19-25-20(23-14-11-17-38(31-4,32-5)33-6)27-21(26-19)24-15-12-18-39(34-7,35-8)36-9/h10-18H2,1-9H3,(H3,22,23,24,25,26,27). The van der Waals surface area contributed by atoms with Crippen molar-refractivity contribution in [3.8, 4) is 0 Å². The predicted molar refractivity (Wildman–Crippen MR) is 154 cm³/mol. The van der Waals surface area contributed by atoms with Crippen molar-refractivity contribution < 1.29 is 39.8 Å². The fourth-order valence-electron chi connectivity index (χ4n) is 3.80. The summed E-state index contributed by atoms with van der Waals surface area (Å²) in [5, 5.41) is 9.78. The van der Waals surface area contributed by atoms with Gasteiger partial charge in [0.15, 0.2) is 0 Å². The monoisotopic (exact) mass is 612 g/mol. The molecule has 1 aromatic heterocycles. The Balaban J connectivity index is 2.83. The molecule has 228 valence electrons. The van der Waals surface area contributed by atoms with E-state index < -0.39 is 26.4 Å². The van der Waals surface area contributed by atoms with Crippen molar-refractivity contribution in [1.82, 2.24) is 15.0 Å². The summed E-state index contributed by atoms with van der Waals surface area (Å²) in [5.74, 6) is 1.33. The van der Waals surface area contributed by atoms with E-state index in [2.05, 4.69) is 30.9 Å². The van der Waals surface area contributed by atoms with Gasteiger partial charge in [-0.15, -0.1) is 0 Å². The third kappa shape index (κ3) is 11.6. The molecule has 0 aromatic carbocycles. The lowest BCUT2D eigenvalue weighted by Gasteiger charge is -2.24. The first kappa shape index (κ1) is 35.7. The second-order valence-electron chi connectivity index (χ2n) is 8.28. The number of nitrogens with one attached hydrogen (secondary N) is 3. The van der Waals surface area contributed by atoms with E-state index in [1.807, 2.05) is 0 Å². The van der Waals surface area contributed by atoms with Gasteiger partial charge in [0.05, 0.1) is 0 Å². The first-order valence-corrected chi connectivity index (χ1v) is 18.5. The maximum Gasteiger partial charge on any atom is 0.500 e. The Bertz CT molecular complexity index is 656. The second-order valence-corrected chi connectivity index (χ2v) is 17.6. The van der Waals surface area contributed by atoms with Gasteiger partial charge < -0.3 is 55.8 Å². The molecule has 0 radical (unpaired) electrons. The Morgan fingerprint density at radius 1 is 0.410 bits per heavy atom. The highest BCUT2D eigenvalue weighted by atomic mass is 28.4. The average Bonchev–Trinajstić information content (AvgIpc) is 2.98. The Morgan fingerprint density at radius 3 is 0.795 bits per heavy atom. The van der Waals surface area contributed by atoms with Crippen LogP contribution < -0.4 is 16.0 Å². The molecule has 0 aliphatic carbocycles. The van der Waals surface area contributed by atoms with Gasteiger partial charge in [-0.25, -0.2) is 0 Å². The predicted octanol–water partition coefficient (Wildman–Crippen LogP) is 1.91. The van der Waals surface area contributed by atoms with Gasteiger partial charge in [0.1, 0.15) is 0 Å². The first-order chi connectivity index (χ1) is 18.8. The summed E-state index contributed by atoms with van der Waals surface area (Å²) in [5.41, 5.74) is 0. The number of hydrogen-bond acceptors (Lipinski definition) is 15. The minimum absolute atomic E-state index is 0.443. The summed E-state index contributed by atoms with van der Waals surface area (Å²) < 4.78 is 49.4. The average molecular weight is 613 g/mol. The van der Waals surface area contributed by atoms with Crippen molar-refractivity contribution in [2.75, 3.05) is 99.6 Å². The summed E-state index contributed by atoms with van der Waals surface area (Å²) in [6, 6.07) is 1.96. The molecule has 0 saturated carbocycles. The topological polar surface area (TPSA) is 158 Å². The molecule has 39 heavy (non-hydrogen) atoms. The maximum atomic E-state index is 5.49. The van der Waals surface area contributed by atoms with Gasteiger partial charge in [0, 0.05) is 102 Å². The van der Waals surface area contributed by atoms with Crippen molar-refractivity contribution in [3.05, 3.63) is 0 Å². The molecule has 3 N–H and O–H groups in total. The molecule has 15 nitrogen and oxygen atoms in total. The molecule has 0 fully saturated rings. The molecule has 0 amide bonds.